The summed E-state index contributed by atoms with van der Waals surface area (Å²) in [4.78, 5) is 22.7. The standard InChI is InChI=1S/C18H20FN3O2/c1-2-13-10-20-18(21-11-13)24-16-4-3-9-22(12-16)17(23)14-5-7-15(19)8-6-14/h5-8,10-11,16H,2-4,9,12H2,1H3. The molecule has 6 heteroatoms. The van der Waals surface area contributed by atoms with Gasteiger partial charge in [-0.2, -0.15) is 0 Å². The van der Waals surface area contributed by atoms with Gasteiger partial charge in [-0.3, -0.25) is 4.79 Å². The van der Waals surface area contributed by atoms with E-state index in [9.17, 15) is 9.18 Å². The Labute approximate surface area is 140 Å². The lowest BCUT2D eigenvalue weighted by atomic mass is 10.1. The van der Waals surface area contributed by atoms with E-state index in [2.05, 4.69) is 9.97 Å². The molecule has 0 radical (unpaired) electrons. The summed E-state index contributed by atoms with van der Waals surface area (Å²) >= 11 is 0. The van der Waals surface area contributed by atoms with Crippen LogP contribution in [0.5, 0.6) is 6.01 Å². The molecule has 1 unspecified atom stereocenters. The molecule has 0 aliphatic carbocycles. The zero-order valence-electron chi connectivity index (χ0n) is 13.6. The van der Waals surface area contributed by atoms with Crippen molar-refractivity contribution in [2.45, 2.75) is 32.3 Å². The molecule has 1 aromatic carbocycles. The summed E-state index contributed by atoms with van der Waals surface area (Å²) in [5, 5.41) is 0. The molecule has 0 saturated carbocycles. The Balaban J connectivity index is 1.63. The number of aromatic nitrogens is 2. The molecule has 0 N–H and O–H groups in total. The fraction of sp³-hybridized carbons (Fsp3) is 0.389. The predicted octanol–water partition coefficient (Wildman–Crippen LogP) is 2.86. The molecule has 24 heavy (non-hydrogen) atoms. The van der Waals surface area contributed by atoms with Crippen molar-refractivity contribution < 1.29 is 13.9 Å². The summed E-state index contributed by atoms with van der Waals surface area (Å²) in [6.07, 6.45) is 5.97. The van der Waals surface area contributed by atoms with E-state index in [4.69, 9.17) is 4.74 Å². The quantitative estimate of drug-likeness (QED) is 0.865. The van der Waals surface area contributed by atoms with Crippen molar-refractivity contribution in [2.75, 3.05) is 13.1 Å². The molecule has 5 nitrogen and oxygen atoms in total. The number of aryl methyl sites for hydroxylation is 1. The highest BCUT2D eigenvalue weighted by Crippen LogP contribution is 2.18. The number of hydrogen-bond acceptors (Lipinski definition) is 4. The van der Waals surface area contributed by atoms with Gasteiger partial charge >= 0.3 is 6.01 Å². The van der Waals surface area contributed by atoms with E-state index in [1.165, 1.54) is 24.3 Å². The van der Waals surface area contributed by atoms with Crippen LogP contribution in [0.25, 0.3) is 0 Å². The summed E-state index contributed by atoms with van der Waals surface area (Å²) in [7, 11) is 0. The fourth-order valence-corrected chi connectivity index (χ4v) is 2.73. The monoisotopic (exact) mass is 329 g/mol. The lowest BCUT2D eigenvalue weighted by Crippen LogP contribution is -2.44. The maximum atomic E-state index is 13.0. The Bertz CT molecular complexity index is 688. The largest absolute Gasteiger partial charge is 0.458 e. The van der Waals surface area contributed by atoms with Crippen LogP contribution in [0.4, 0.5) is 4.39 Å². The van der Waals surface area contributed by atoms with Crippen LogP contribution in [0, 0.1) is 5.82 Å². The van der Waals surface area contributed by atoms with Crippen molar-refractivity contribution in [1.29, 1.82) is 0 Å². The highest BCUT2D eigenvalue weighted by Gasteiger charge is 2.26. The van der Waals surface area contributed by atoms with Gasteiger partial charge in [-0.1, -0.05) is 6.92 Å². The maximum Gasteiger partial charge on any atom is 0.316 e. The maximum absolute atomic E-state index is 13.0. The van der Waals surface area contributed by atoms with E-state index < -0.39 is 0 Å². The van der Waals surface area contributed by atoms with Gasteiger partial charge in [0.25, 0.3) is 5.91 Å². The number of halogens is 1. The second-order valence-electron chi connectivity index (χ2n) is 5.87. The third-order valence-corrected chi connectivity index (χ3v) is 4.12. The van der Waals surface area contributed by atoms with Gasteiger partial charge in [0.2, 0.25) is 0 Å². The Hall–Kier alpha value is -2.50. The molecule has 1 aliphatic rings. The van der Waals surface area contributed by atoms with Crippen molar-refractivity contribution in [1.82, 2.24) is 14.9 Å². The van der Waals surface area contributed by atoms with Crippen LogP contribution in [0.3, 0.4) is 0 Å². The summed E-state index contributed by atoms with van der Waals surface area (Å²) in [5.74, 6) is -0.454. The predicted molar refractivity (Wildman–Crippen MR) is 87.4 cm³/mol. The minimum absolute atomic E-state index is 0.106. The van der Waals surface area contributed by atoms with Gasteiger partial charge in [0.1, 0.15) is 11.9 Å². The number of rotatable bonds is 4. The van der Waals surface area contributed by atoms with Gasteiger partial charge in [0, 0.05) is 24.5 Å². The molecule has 2 aromatic rings. The SMILES string of the molecule is CCc1cnc(OC2CCCN(C(=O)c3ccc(F)cc3)C2)nc1. The molecule has 0 spiro atoms. The molecular formula is C18H20FN3O2. The Morgan fingerprint density at radius 3 is 2.67 bits per heavy atom. The summed E-state index contributed by atoms with van der Waals surface area (Å²) in [5.41, 5.74) is 1.54. The number of piperidine rings is 1. The molecule has 1 amide bonds. The van der Waals surface area contributed by atoms with E-state index >= 15 is 0 Å². The fourth-order valence-electron chi connectivity index (χ4n) is 2.73. The highest BCUT2D eigenvalue weighted by atomic mass is 19.1. The van der Waals surface area contributed by atoms with E-state index in [0.29, 0.717) is 24.7 Å². The number of nitrogens with zero attached hydrogens (tertiary/aromatic N) is 3. The van der Waals surface area contributed by atoms with Crippen LogP contribution < -0.4 is 4.74 Å². The summed E-state index contributed by atoms with van der Waals surface area (Å²) < 4.78 is 18.8. The number of amides is 1. The number of carbonyl (C=O) groups is 1. The lowest BCUT2D eigenvalue weighted by molar-refractivity contribution is 0.0515. The van der Waals surface area contributed by atoms with Crippen molar-refractivity contribution in [2.24, 2.45) is 0 Å². The van der Waals surface area contributed by atoms with Crippen molar-refractivity contribution >= 4 is 5.91 Å². The molecule has 126 valence electrons. The van der Waals surface area contributed by atoms with Crippen molar-refractivity contribution in [3.63, 3.8) is 0 Å². The molecule has 1 fully saturated rings. The van der Waals surface area contributed by atoms with Gasteiger partial charge in [-0.05, 0) is 49.1 Å². The van der Waals surface area contributed by atoms with Gasteiger partial charge in [0.05, 0.1) is 6.54 Å². The number of hydrogen-bond donors (Lipinski definition) is 0. The van der Waals surface area contributed by atoms with Crippen LogP contribution in [0.1, 0.15) is 35.7 Å². The number of ether oxygens (including phenoxy) is 1. The molecule has 1 atom stereocenters. The van der Waals surface area contributed by atoms with Crippen molar-refractivity contribution in [3.05, 3.63) is 53.6 Å². The average Bonchev–Trinajstić information content (AvgIpc) is 2.63. The number of benzene rings is 1. The molecule has 1 saturated heterocycles. The smallest absolute Gasteiger partial charge is 0.316 e. The topological polar surface area (TPSA) is 55.3 Å². The third kappa shape index (κ3) is 3.88. The highest BCUT2D eigenvalue weighted by molar-refractivity contribution is 5.94. The zero-order valence-corrected chi connectivity index (χ0v) is 13.6. The van der Waals surface area contributed by atoms with Gasteiger partial charge in [0.15, 0.2) is 0 Å². The number of carbonyl (C=O) groups excluding carboxylic acids is 1. The molecular weight excluding hydrogens is 309 g/mol. The summed E-state index contributed by atoms with van der Waals surface area (Å²) in [6, 6.07) is 5.96. The molecule has 2 heterocycles. The molecule has 1 aromatic heterocycles. The second kappa shape index (κ2) is 7.38. The first-order valence-corrected chi connectivity index (χ1v) is 8.18. The zero-order chi connectivity index (χ0) is 16.9. The van der Waals surface area contributed by atoms with Crippen LogP contribution in [-0.2, 0) is 6.42 Å². The minimum atomic E-state index is -0.348. The Kier molecular flexibility index (Phi) is 5.03. The third-order valence-electron chi connectivity index (χ3n) is 4.12. The Morgan fingerprint density at radius 1 is 1.29 bits per heavy atom. The molecule has 3 rings (SSSR count). The van der Waals surface area contributed by atoms with Gasteiger partial charge < -0.3 is 9.64 Å². The van der Waals surface area contributed by atoms with E-state index in [1.807, 2.05) is 6.92 Å². The molecule has 0 bridgehead atoms. The van der Waals surface area contributed by atoms with Crippen LogP contribution in [-0.4, -0.2) is 40.0 Å². The molecule has 1 aliphatic heterocycles. The first-order valence-electron chi connectivity index (χ1n) is 8.18. The van der Waals surface area contributed by atoms with Crippen LogP contribution >= 0.6 is 0 Å². The van der Waals surface area contributed by atoms with Gasteiger partial charge in [-0.25, -0.2) is 14.4 Å². The Morgan fingerprint density at radius 2 is 2.00 bits per heavy atom. The number of likely N-dealkylation sites (tertiary alicyclic amines) is 1. The first-order chi connectivity index (χ1) is 11.7. The van der Waals surface area contributed by atoms with Crippen LogP contribution in [0.2, 0.25) is 0 Å². The van der Waals surface area contributed by atoms with Crippen molar-refractivity contribution in [3.8, 4) is 6.01 Å². The normalized spacial score (nSPS) is 17.6. The van der Waals surface area contributed by atoms with Gasteiger partial charge in [-0.15, -0.1) is 0 Å². The van der Waals surface area contributed by atoms with E-state index in [1.54, 1.807) is 17.3 Å². The van der Waals surface area contributed by atoms with E-state index in [-0.39, 0.29) is 17.8 Å². The second-order valence-corrected chi connectivity index (χ2v) is 5.87. The first kappa shape index (κ1) is 16.4. The lowest BCUT2D eigenvalue weighted by Gasteiger charge is -2.32. The van der Waals surface area contributed by atoms with E-state index in [0.717, 1.165) is 24.8 Å². The summed E-state index contributed by atoms with van der Waals surface area (Å²) in [6.45, 7) is 3.19. The average molecular weight is 329 g/mol. The minimum Gasteiger partial charge on any atom is -0.458 e. The van der Waals surface area contributed by atoms with Crippen LogP contribution in [0.15, 0.2) is 36.7 Å².